The maximum absolute atomic E-state index is 12.6. The Morgan fingerprint density at radius 2 is 1.73 bits per heavy atom. The fourth-order valence-corrected chi connectivity index (χ4v) is 4.87. The van der Waals surface area contributed by atoms with Crippen LogP contribution in [0.4, 0.5) is 5.69 Å². The quantitative estimate of drug-likeness (QED) is 0.666. The third-order valence-corrected chi connectivity index (χ3v) is 7.15. The van der Waals surface area contributed by atoms with Crippen LogP contribution >= 0.6 is 11.6 Å². The summed E-state index contributed by atoms with van der Waals surface area (Å²) < 4.78 is 32.1. The average Bonchev–Trinajstić information content (AvgIpc) is 2.73. The van der Waals surface area contributed by atoms with Crippen molar-refractivity contribution in [1.29, 1.82) is 0 Å². The van der Waals surface area contributed by atoms with Crippen LogP contribution in [0.1, 0.15) is 5.56 Å². The van der Waals surface area contributed by atoms with Gasteiger partial charge in [0.15, 0.2) is 6.61 Å². The van der Waals surface area contributed by atoms with Gasteiger partial charge in [-0.25, -0.2) is 8.42 Å². The minimum atomic E-state index is -3.45. The number of para-hydroxylation sites is 2. The highest BCUT2D eigenvalue weighted by Gasteiger charge is 2.27. The molecule has 0 bridgehead atoms. The molecule has 1 N–H and O–H groups in total. The van der Waals surface area contributed by atoms with Gasteiger partial charge in [0, 0.05) is 32.7 Å². The summed E-state index contributed by atoms with van der Waals surface area (Å²) in [7, 11) is -3.45. The van der Waals surface area contributed by atoms with Gasteiger partial charge in [-0.1, -0.05) is 41.9 Å². The van der Waals surface area contributed by atoms with Crippen molar-refractivity contribution in [1.82, 2.24) is 9.62 Å². The summed E-state index contributed by atoms with van der Waals surface area (Å²) in [5.41, 5.74) is 1.85. The Bertz CT molecular complexity index is 976. The largest absolute Gasteiger partial charge is 0.484 e. The van der Waals surface area contributed by atoms with Gasteiger partial charge in [-0.2, -0.15) is 4.31 Å². The number of anilines is 1. The first-order valence-electron chi connectivity index (χ1n) is 9.79. The lowest BCUT2D eigenvalue weighted by Gasteiger charge is -2.35. The van der Waals surface area contributed by atoms with E-state index in [0.29, 0.717) is 37.0 Å². The van der Waals surface area contributed by atoms with E-state index in [1.165, 1.54) is 4.31 Å². The number of halogens is 1. The van der Waals surface area contributed by atoms with E-state index in [9.17, 15) is 13.2 Å². The van der Waals surface area contributed by atoms with Crippen LogP contribution in [-0.4, -0.2) is 63.7 Å². The van der Waals surface area contributed by atoms with E-state index in [1.54, 1.807) is 6.07 Å². The molecule has 2 aromatic rings. The number of aryl methyl sites for hydroxylation is 1. The molecule has 162 valence electrons. The summed E-state index contributed by atoms with van der Waals surface area (Å²) in [6.07, 6.45) is 0. The Labute approximate surface area is 182 Å². The number of hydrogen-bond acceptors (Lipinski definition) is 5. The first kappa shape index (κ1) is 22.4. The SMILES string of the molecule is Cc1ccccc1OCC(=O)NCCS(=O)(=O)N1CCN(c2ccccc2Cl)CC1. The molecule has 0 atom stereocenters. The maximum Gasteiger partial charge on any atom is 0.257 e. The molecular weight excluding hydrogens is 426 g/mol. The Kier molecular flexibility index (Phi) is 7.58. The highest BCUT2D eigenvalue weighted by atomic mass is 35.5. The third-order valence-electron chi connectivity index (χ3n) is 4.96. The van der Waals surface area contributed by atoms with Crippen molar-refractivity contribution in [2.24, 2.45) is 0 Å². The van der Waals surface area contributed by atoms with Crippen molar-refractivity contribution in [3.8, 4) is 5.75 Å². The molecule has 1 amide bonds. The fourth-order valence-electron chi connectivity index (χ4n) is 3.28. The maximum atomic E-state index is 12.6. The lowest BCUT2D eigenvalue weighted by Crippen LogP contribution is -2.50. The Morgan fingerprint density at radius 3 is 2.43 bits per heavy atom. The fraction of sp³-hybridized carbons (Fsp3) is 0.381. The zero-order chi connectivity index (χ0) is 21.6. The van der Waals surface area contributed by atoms with Crippen molar-refractivity contribution in [2.75, 3.05) is 50.0 Å². The molecule has 1 saturated heterocycles. The van der Waals surface area contributed by atoms with Crippen LogP contribution in [0.15, 0.2) is 48.5 Å². The van der Waals surface area contributed by atoms with Gasteiger partial charge >= 0.3 is 0 Å². The minimum absolute atomic E-state index is 0.0447. The van der Waals surface area contributed by atoms with Crippen LogP contribution in [0.2, 0.25) is 5.02 Å². The second-order valence-electron chi connectivity index (χ2n) is 7.06. The minimum Gasteiger partial charge on any atom is -0.484 e. The van der Waals surface area contributed by atoms with Gasteiger partial charge < -0.3 is 15.0 Å². The standard InChI is InChI=1S/C21H26ClN3O4S/c1-17-6-2-5-9-20(17)29-16-21(26)23-10-15-30(27,28)25-13-11-24(12-14-25)19-8-4-3-7-18(19)22/h2-9H,10-16H2,1H3,(H,23,26). The molecule has 9 heteroatoms. The number of carbonyl (C=O) groups excluding carboxylic acids is 1. The topological polar surface area (TPSA) is 78.9 Å². The number of piperazine rings is 1. The number of ether oxygens (including phenoxy) is 1. The van der Waals surface area contributed by atoms with Crippen LogP contribution in [0, 0.1) is 6.92 Å². The molecule has 0 aromatic heterocycles. The van der Waals surface area contributed by atoms with Gasteiger partial charge in [0.25, 0.3) is 5.91 Å². The van der Waals surface area contributed by atoms with E-state index in [4.69, 9.17) is 16.3 Å². The average molecular weight is 452 g/mol. The molecular formula is C21H26ClN3O4S. The number of nitrogens with zero attached hydrogens (tertiary/aromatic N) is 2. The summed E-state index contributed by atoms with van der Waals surface area (Å²) >= 11 is 6.23. The van der Waals surface area contributed by atoms with Gasteiger partial charge in [0.2, 0.25) is 10.0 Å². The van der Waals surface area contributed by atoms with E-state index in [-0.39, 0.29) is 24.8 Å². The first-order valence-corrected chi connectivity index (χ1v) is 11.8. The van der Waals surface area contributed by atoms with Crippen LogP contribution in [0.5, 0.6) is 5.75 Å². The number of hydrogen-bond donors (Lipinski definition) is 1. The summed E-state index contributed by atoms with van der Waals surface area (Å²) in [5, 5.41) is 3.27. The van der Waals surface area contributed by atoms with E-state index < -0.39 is 10.0 Å². The zero-order valence-electron chi connectivity index (χ0n) is 16.9. The van der Waals surface area contributed by atoms with Gasteiger partial charge in [-0.15, -0.1) is 0 Å². The predicted octanol–water partition coefficient (Wildman–Crippen LogP) is 2.30. The number of benzene rings is 2. The molecule has 30 heavy (non-hydrogen) atoms. The monoisotopic (exact) mass is 451 g/mol. The van der Waals surface area contributed by atoms with Crippen molar-refractivity contribution in [2.45, 2.75) is 6.92 Å². The lowest BCUT2D eigenvalue weighted by atomic mass is 10.2. The van der Waals surface area contributed by atoms with Gasteiger partial charge in [-0.05, 0) is 30.7 Å². The van der Waals surface area contributed by atoms with Crippen molar-refractivity contribution >= 4 is 33.2 Å². The summed E-state index contributed by atoms with van der Waals surface area (Å²) in [6, 6.07) is 14.9. The number of nitrogens with one attached hydrogen (secondary N) is 1. The molecule has 1 fully saturated rings. The molecule has 0 saturated carbocycles. The molecule has 0 unspecified atom stereocenters. The van der Waals surface area contributed by atoms with E-state index >= 15 is 0 Å². The molecule has 3 rings (SSSR count). The Hall–Kier alpha value is -2.29. The molecule has 0 spiro atoms. The Balaban J connectivity index is 1.42. The normalized spacial score (nSPS) is 15.1. The van der Waals surface area contributed by atoms with Gasteiger partial charge in [0.1, 0.15) is 5.75 Å². The smallest absolute Gasteiger partial charge is 0.257 e. The summed E-state index contributed by atoms with van der Waals surface area (Å²) in [4.78, 5) is 14.0. The highest BCUT2D eigenvalue weighted by molar-refractivity contribution is 7.89. The van der Waals surface area contributed by atoms with Crippen molar-refractivity contribution < 1.29 is 17.9 Å². The first-order chi connectivity index (χ1) is 14.4. The van der Waals surface area contributed by atoms with Gasteiger partial charge in [0.05, 0.1) is 16.5 Å². The number of rotatable bonds is 8. The van der Waals surface area contributed by atoms with Gasteiger partial charge in [-0.3, -0.25) is 4.79 Å². The zero-order valence-corrected chi connectivity index (χ0v) is 18.5. The summed E-state index contributed by atoms with van der Waals surface area (Å²) in [6.45, 7) is 3.70. The Morgan fingerprint density at radius 1 is 1.07 bits per heavy atom. The predicted molar refractivity (Wildman–Crippen MR) is 119 cm³/mol. The van der Waals surface area contributed by atoms with Crippen LogP contribution in [0.25, 0.3) is 0 Å². The molecule has 0 aliphatic carbocycles. The molecule has 0 radical (unpaired) electrons. The second-order valence-corrected chi connectivity index (χ2v) is 9.55. The van der Waals surface area contributed by atoms with Crippen molar-refractivity contribution in [3.63, 3.8) is 0 Å². The number of sulfonamides is 1. The van der Waals surface area contributed by atoms with E-state index in [2.05, 4.69) is 10.2 Å². The van der Waals surface area contributed by atoms with Crippen LogP contribution in [0.3, 0.4) is 0 Å². The summed E-state index contributed by atoms with van der Waals surface area (Å²) in [5.74, 6) is 0.142. The van der Waals surface area contributed by atoms with E-state index in [0.717, 1.165) is 11.3 Å². The van der Waals surface area contributed by atoms with Crippen LogP contribution in [-0.2, 0) is 14.8 Å². The number of carbonyl (C=O) groups is 1. The molecule has 1 heterocycles. The highest BCUT2D eigenvalue weighted by Crippen LogP contribution is 2.26. The van der Waals surface area contributed by atoms with Crippen LogP contribution < -0.4 is 15.0 Å². The lowest BCUT2D eigenvalue weighted by molar-refractivity contribution is -0.122. The molecule has 1 aliphatic heterocycles. The van der Waals surface area contributed by atoms with E-state index in [1.807, 2.05) is 49.4 Å². The molecule has 7 nitrogen and oxygen atoms in total. The molecule has 2 aromatic carbocycles. The number of amides is 1. The second kappa shape index (κ2) is 10.1. The third kappa shape index (κ3) is 5.87. The van der Waals surface area contributed by atoms with Crippen molar-refractivity contribution in [3.05, 3.63) is 59.1 Å². The molecule has 1 aliphatic rings.